The highest BCUT2D eigenvalue weighted by Crippen LogP contribution is 2.15. The van der Waals surface area contributed by atoms with Gasteiger partial charge in [-0.05, 0) is 25.7 Å². The fourth-order valence-electron chi connectivity index (χ4n) is 1.75. The lowest BCUT2D eigenvalue weighted by Crippen LogP contribution is -2.03. The number of hydrogen-bond donors (Lipinski definition) is 0. The second-order valence-corrected chi connectivity index (χ2v) is 3.36. The van der Waals surface area contributed by atoms with E-state index in [9.17, 15) is 0 Å². The second kappa shape index (κ2) is 3.65. The fourth-order valence-corrected chi connectivity index (χ4v) is 1.75. The molecule has 2 rings (SSSR count). The van der Waals surface area contributed by atoms with Crippen molar-refractivity contribution in [3.8, 4) is 0 Å². The van der Waals surface area contributed by atoms with Gasteiger partial charge in [0.15, 0.2) is 0 Å². The zero-order chi connectivity index (χ0) is 8.23. The Morgan fingerprint density at radius 2 is 1.25 bits per heavy atom. The first-order valence-corrected chi connectivity index (χ1v) is 4.75. The van der Waals surface area contributed by atoms with E-state index in [0.29, 0.717) is 0 Å². The van der Waals surface area contributed by atoms with Crippen LogP contribution in [-0.2, 0) is 12.8 Å². The quantitative estimate of drug-likeness (QED) is 0.584. The Hall–Kier alpha value is -0.920. The molecule has 0 bridgehead atoms. The van der Waals surface area contributed by atoms with Crippen LogP contribution < -0.4 is 0 Å². The Kier molecular flexibility index (Phi) is 2.35. The highest BCUT2D eigenvalue weighted by atomic mass is 14.8. The molecule has 0 radical (unpaired) electrons. The van der Waals surface area contributed by atoms with Crippen molar-refractivity contribution >= 4 is 0 Å². The summed E-state index contributed by atoms with van der Waals surface area (Å²) in [6.45, 7) is 0. The number of rotatable bonds is 0. The molecule has 64 valence electrons. The fraction of sp³-hybridized carbons (Fsp3) is 0.600. The maximum Gasteiger partial charge on any atom is 0.0618 e. The standard InChI is InChI=1S/C10H14N2/c1-2-4-6-10-9(5-3-1)11-7-8-12-10/h7-8H,1-6H2. The third kappa shape index (κ3) is 1.63. The molecule has 12 heavy (non-hydrogen) atoms. The SMILES string of the molecule is c1cnc2c(n1)CCCCCC2. The molecule has 0 unspecified atom stereocenters. The lowest BCUT2D eigenvalue weighted by Gasteiger charge is -2.10. The van der Waals surface area contributed by atoms with Gasteiger partial charge in [-0.1, -0.05) is 12.8 Å². The van der Waals surface area contributed by atoms with Gasteiger partial charge in [0.2, 0.25) is 0 Å². The van der Waals surface area contributed by atoms with Gasteiger partial charge < -0.3 is 0 Å². The monoisotopic (exact) mass is 162 g/mol. The van der Waals surface area contributed by atoms with E-state index < -0.39 is 0 Å². The molecule has 1 aromatic heterocycles. The van der Waals surface area contributed by atoms with Crippen molar-refractivity contribution in [2.75, 3.05) is 0 Å². The first-order chi connectivity index (χ1) is 5.97. The van der Waals surface area contributed by atoms with Crippen molar-refractivity contribution in [1.29, 1.82) is 0 Å². The number of aryl methyl sites for hydroxylation is 2. The minimum atomic E-state index is 1.13. The van der Waals surface area contributed by atoms with Crippen molar-refractivity contribution in [1.82, 2.24) is 9.97 Å². The summed E-state index contributed by atoms with van der Waals surface area (Å²) in [5.74, 6) is 0. The Morgan fingerprint density at radius 1 is 0.750 bits per heavy atom. The van der Waals surface area contributed by atoms with Crippen LogP contribution in [0.5, 0.6) is 0 Å². The van der Waals surface area contributed by atoms with E-state index in [1.807, 2.05) is 0 Å². The summed E-state index contributed by atoms with van der Waals surface area (Å²) in [5.41, 5.74) is 2.47. The Labute approximate surface area is 73.1 Å². The molecule has 0 N–H and O–H groups in total. The van der Waals surface area contributed by atoms with E-state index in [-0.39, 0.29) is 0 Å². The summed E-state index contributed by atoms with van der Waals surface area (Å²) in [7, 11) is 0. The summed E-state index contributed by atoms with van der Waals surface area (Å²) >= 11 is 0. The zero-order valence-corrected chi connectivity index (χ0v) is 7.29. The maximum atomic E-state index is 4.36. The summed E-state index contributed by atoms with van der Waals surface area (Å²) in [6, 6.07) is 0. The van der Waals surface area contributed by atoms with Crippen LogP contribution in [0.2, 0.25) is 0 Å². The van der Waals surface area contributed by atoms with Crippen LogP contribution in [0.3, 0.4) is 0 Å². The topological polar surface area (TPSA) is 25.8 Å². The van der Waals surface area contributed by atoms with Crippen LogP contribution in [0, 0.1) is 0 Å². The predicted molar refractivity (Wildman–Crippen MR) is 47.9 cm³/mol. The highest BCUT2D eigenvalue weighted by Gasteiger charge is 2.07. The van der Waals surface area contributed by atoms with Crippen molar-refractivity contribution < 1.29 is 0 Å². The minimum absolute atomic E-state index is 1.13. The number of hydrogen-bond acceptors (Lipinski definition) is 2. The molecule has 0 saturated heterocycles. The van der Waals surface area contributed by atoms with Gasteiger partial charge in [-0.3, -0.25) is 9.97 Å². The van der Waals surface area contributed by atoms with Crippen LogP contribution >= 0.6 is 0 Å². The van der Waals surface area contributed by atoms with Crippen molar-refractivity contribution in [3.63, 3.8) is 0 Å². The van der Waals surface area contributed by atoms with Gasteiger partial charge >= 0.3 is 0 Å². The minimum Gasteiger partial charge on any atom is -0.258 e. The molecule has 0 spiro atoms. The molecule has 2 heteroatoms. The lowest BCUT2D eigenvalue weighted by atomic mass is 10.0. The average Bonchev–Trinajstić information content (AvgIpc) is 2.06. The second-order valence-electron chi connectivity index (χ2n) is 3.36. The molecule has 0 fully saturated rings. The summed E-state index contributed by atoms with van der Waals surface area (Å²) in [6.07, 6.45) is 11.1. The van der Waals surface area contributed by atoms with E-state index in [4.69, 9.17) is 0 Å². The van der Waals surface area contributed by atoms with Crippen LogP contribution in [-0.4, -0.2) is 9.97 Å². The van der Waals surface area contributed by atoms with E-state index in [1.54, 1.807) is 12.4 Å². The summed E-state index contributed by atoms with van der Waals surface area (Å²) in [5, 5.41) is 0. The third-order valence-electron chi connectivity index (χ3n) is 2.44. The highest BCUT2D eigenvalue weighted by molar-refractivity contribution is 5.11. The smallest absolute Gasteiger partial charge is 0.0618 e. The molecule has 1 heterocycles. The molecule has 1 aliphatic carbocycles. The van der Waals surface area contributed by atoms with E-state index in [1.165, 1.54) is 37.1 Å². The lowest BCUT2D eigenvalue weighted by molar-refractivity contribution is 0.599. The average molecular weight is 162 g/mol. The Bertz CT molecular complexity index is 231. The van der Waals surface area contributed by atoms with Crippen molar-refractivity contribution in [2.45, 2.75) is 38.5 Å². The molecule has 0 atom stereocenters. The van der Waals surface area contributed by atoms with Crippen molar-refractivity contribution in [3.05, 3.63) is 23.8 Å². The van der Waals surface area contributed by atoms with E-state index in [0.717, 1.165) is 12.8 Å². The molecular formula is C10H14N2. The molecular weight excluding hydrogens is 148 g/mol. The van der Waals surface area contributed by atoms with Gasteiger partial charge in [-0.15, -0.1) is 0 Å². The zero-order valence-electron chi connectivity index (χ0n) is 7.29. The van der Waals surface area contributed by atoms with E-state index >= 15 is 0 Å². The van der Waals surface area contributed by atoms with Crippen LogP contribution in [0.4, 0.5) is 0 Å². The first-order valence-electron chi connectivity index (χ1n) is 4.75. The molecule has 0 aromatic carbocycles. The van der Waals surface area contributed by atoms with E-state index in [2.05, 4.69) is 9.97 Å². The van der Waals surface area contributed by atoms with Crippen molar-refractivity contribution in [2.24, 2.45) is 0 Å². The Balaban J connectivity index is 2.24. The van der Waals surface area contributed by atoms with Gasteiger partial charge in [0, 0.05) is 12.4 Å². The number of nitrogens with zero attached hydrogens (tertiary/aromatic N) is 2. The van der Waals surface area contributed by atoms with Crippen LogP contribution in [0.25, 0.3) is 0 Å². The number of aromatic nitrogens is 2. The maximum absolute atomic E-state index is 4.36. The molecule has 0 aliphatic heterocycles. The van der Waals surface area contributed by atoms with Crippen LogP contribution in [0.1, 0.15) is 37.1 Å². The first kappa shape index (κ1) is 7.71. The summed E-state index contributed by atoms with van der Waals surface area (Å²) in [4.78, 5) is 8.72. The van der Waals surface area contributed by atoms with Gasteiger partial charge in [-0.25, -0.2) is 0 Å². The van der Waals surface area contributed by atoms with Gasteiger partial charge in [0.05, 0.1) is 11.4 Å². The molecule has 0 saturated carbocycles. The molecule has 1 aromatic rings. The molecule has 2 nitrogen and oxygen atoms in total. The molecule has 0 amide bonds. The van der Waals surface area contributed by atoms with Crippen LogP contribution in [0.15, 0.2) is 12.4 Å². The largest absolute Gasteiger partial charge is 0.258 e. The van der Waals surface area contributed by atoms with Gasteiger partial charge in [0.25, 0.3) is 0 Å². The number of fused-ring (bicyclic) bond motifs is 1. The van der Waals surface area contributed by atoms with Gasteiger partial charge in [0.1, 0.15) is 0 Å². The Morgan fingerprint density at radius 3 is 1.75 bits per heavy atom. The third-order valence-corrected chi connectivity index (χ3v) is 2.44. The normalized spacial score (nSPS) is 17.7. The predicted octanol–water partition coefficient (Wildman–Crippen LogP) is 2.14. The van der Waals surface area contributed by atoms with Gasteiger partial charge in [-0.2, -0.15) is 0 Å². The summed E-state index contributed by atoms with van der Waals surface area (Å²) < 4.78 is 0. The molecule has 1 aliphatic rings.